The lowest BCUT2D eigenvalue weighted by Crippen LogP contribution is -2.26. The summed E-state index contributed by atoms with van der Waals surface area (Å²) in [5, 5.41) is 6.33. The molecule has 4 N–H and O–H groups in total. The molecule has 1 atom stereocenters. The second kappa shape index (κ2) is 9.37. The van der Waals surface area contributed by atoms with Crippen molar-refractivity contribution in [2.24, 2.45) is 11.7 Å². The number of nitrogens with one attached hydrogen (secondary N) is 2. The molecule has 1 unspecified atom stereocenters. The van der Waals surface area contributed by atoms with E-state index in [4.69, 9.17) is 10.5 Å². The molecular weight excluding hydrogens is 266 g/mol. The van der Waals surface area contributed by atoms with E-state index < -0.39 is 0 Å². The van der Waals surface area contributed by atoms with Crippen molar-refractivity contribution in [3.63, 3.8) is 0 Å². The van der Waals surface area contributed by atoms with E-state index >= 15 is 0 Å². The second-order valence-electron chi connectivity index (χ2n) is 5.45. The average Bonchev–Trinajstić information content (AvgIpc) is 2.45. The highest BCUT2D eigenvalue weighted by Crippen LogP contribution is 2.18. The van der Waals surface area contributed by atoms with Gasteiger partial charge in [0.1, 0.15) is 0 Å². The molecule has 0 aliphatic carbocycles. The van der Waals surface area contributed by atoms with Crippen LogP contribution in [0.5, 0.6) is 0 Å². The fourth-order valence-corrected chi connectivity index (χ4v) is 1.97. The molecule has 0 saturated heterocycles. The van der Waals surface area contributed by atoms with Crippen LogP contribution < -0.4 is 16.4 Å². The Balaban J connectivity index is 2.67. The minimum absolute atomic E-state index is 0.0173. The van der Waals surface area contributed by atoms with Gasteiger partial charge in [0.15, 0.2) is 0 Å². The first-order valence-electron chi connectivity index (χ1n) is 7.43. The van der Waals surface area contributed by atoms with E-state index in [-0.39, 0.29) is 17.9 Å². The van der Waals surface area contributed by atoms with E-state index in [2.05, 4.69) is 10.6 Å². The smallest absolute Gasteiger partial charge is 0.226 e. The average molecular weight is 293 g/mol. The van der Waals surface area contributed by atoms with Crippen LogP contribution in [0, 0.1) is 5.92 Å². The molecule has 118 valence electrons. The third-order valence-electron chi connectivity index (χ3n) is 3.15. The van der Waals surface area contributed by atoms with Gasteiger partial charge in [0.2, 0.25) is 5.91 Å². The molecule has 0 saturated carbocycles. The van der Waals surface area contributed by atoms with Gasteiger partial charge in [-0.1, -0.05) is 19.9 Å². The van der Waals surface area contributed by atoms with Crippen LogP contribution in [0.15, 0.2) is 24.3 Å². The lowest BCUT2D eigenvalue weighted by Gasteiger charge is -2.19. The fraction of sp³-hybridized carbons (Fsp3) is 0.562. The summed E-state index contributed by atoms with van der Waals surface area (Å²) >= 11 is 0. The number of nitrogens with two attached hydrogens (primary N) is 1. The van der Waals surface area contributed by atoms with Crippen molar-refractivity contribution in [1.82, 2.24) is 0 Å². The van der Waals surface area contributed by atoms with Gasteiger partial charge in [-0.05, 0) is 37.6 Å². The zero-order valence-corrected chi connectivity index (χ0v) is 13.2. The van der Waals surface area contributed by atoms with Gasteiger partial charge < -0.3 is 21.1 Å². The van der Waals surface area contributed by atoms with Crippen molar-refractivity contribution in [2.45, 2.75) is 32.7 Å². The molecule has 21 heavy (non-hydrogen) atoms. The minimum Gasteiger partial charge on any atom is -0.383 e. The Bertz CT molecular complexity index is 435. The predicted octanol–water partition coefficient (Wildman–Crippen LogP) is 2.45. The predicted molar refractivity (Wildman–Crippen MR) is 87.5 cm³/mol. The molecule has 5 nitrogen and oxygen atoms in total. The molecule has 1 aromatic rings. The van der Waals surface area contributed by atoms with Crippen LogP contribution in [0.4, 0.5) is 11.4 Å². The molecule has 0 aliphatic rings. The number of methoxy groups -OCH3 is 1. The lowest BCUT2D eigenvalue weighted by molar-refractivity contribution is -0.118. The second-order valence-corrected chi connectivity index (χ2v) is 5.45. The molecule has 0 fully saturated rings. The summed E-state index contributed by atoms with van der Waals surface area (Å²) in [5.41, 5.74) is 7.33. The maximum absolute atomic E-state index is 11.7. The molecule has 5 heteroatoms. The van der Waals surface area contributed by atoms with Crippen molar-refractivity contribution in [2.75, 3.05) is 30.9 Å². The third kappa shape index (κ3) is 6.60. The third-order valence-corrected chi connectivity index (χ3v) is 3.15. The quantitative estimate of drug-likeness (QED) is 0.653. The van der Waals surface area contributed by atoms with E-state index in [1.54, 1.807) is 7.11 Å². The summed E-state index contributed by atoms with van der Waals surface area (Å²) in [4.78, 5) is 11.7. The van der Waals surface area contributed by atoms with Gasteiger partial charge in [0, 0.05) is 30.4 Å². The first-order chi connectivity index (χ1) is 10.1. The van der Waals surface area contributed by atoms with Crippen molar-refractivity contribution in [3.05, 3.63) is 24.3 Å². The molecule has 1 amide bonds. The van der Waals surface area contributed by atoms with E-state index in [0.717, 1.165) is 24.2 Å². The summed E-state index contributed by atoms with van der Waals surface area (Å²) < 4.78 is 5.23. The van der Waals surface area contributed by atoms with Crippen molar-refractivity contribution in [1.29, 1.82) is 0 Å². The van der Waals surface area contributed by atoms with E-state index in [0.29, 0.717) is 13.2 Å². The number of rotatable bonds is 9. The lowest BCUT2D eigenvalue weighted by atomic mass is 10.1. The topological polar surface area (TPSA) is 76.4 Å². The van der Waals surface area contributed by atoms with E-state index in [1.165, 1.54) is 0 Å². The SMILES string of the molecule is COCC(CCCN)Nc1cccc(NC(=O)C(C)C)c1. The van der Waals surface area contributed by atoms with Gasteiger partial charge in [-0.15, -0.1) is 0 Å². The van der Waals surface area contributed by atoms with Crippen molar-refractivity contribution >= 4 is 17.3 Å². The highest BCUT2D eigenvalue weighted by atomic mass is 16.5. The van der Waals surface area contributed by atoms with E-state index in [9.17, 15) is 4.79 Å². The van der Waals surface area contributed by atoms with Gasteiger partial charge in [0.25, 0.3) is 0 Å². The number of hydrogen-bond acceptors (Lipinski definition) is 4. The number of amides is 1. The highest BCUT2D eigenvalue weighted by Gasteiger charge is 2.10. The molecule has 0 spiro atoms. The Morgan fingerprint density at radius 1 is 1.33 bits per heavy atom. The van der Waals surface area contributed by atoms with Crippen LogP contribution in [-0.2, 0) is 9.53 Å². The standard InChI is InChI=1S/C16H27N3O2/c1-12(2)16(20)19-14-7-4-6-13(10-14)18-15(11-21-3)8-5-9-17/h4,6-7,10,12,15,18H,5,8-9,11,17H2,1-3H3,(H,19,20). The Kier molecular flexibility index (Phi) is 7.79. The summed E-state index contributed by atoms with van der Waals surface area (Å²) in [7, 11) is 1.69. The highest BCUT2D eigenvalue weighted by molar-refractivity contribution is 5.92. The summed E-state index contributed by atoms with van der Waals surface area (Å²) in [6.45, 7) is 5.05. The van der Waals surface area contributed by atoms with Crippen molar-refractivity contribution in [3.8, 4) is 0 Å². The maximum atomic E-state index is 11.7. The molecule has 0 bridgehead atoms. The Morgan fingerprint density at radius 3 is 2.67 bits per heavy atom. The number of hydrogen-bond donors (Lipinski definition) is 3. The fourth-order valence-electron chi connectivity index (χ4n) is 1.97. The Labute approximate surface area is 127 Å². The van der Waals surface area contributed by atoms with Crippen LogP contribution in [0.3, 0.4) is 0 Å². The molecule has 1 rings (SSSR count). The van der Waals surface area contributed by atoms with Crippen LogP contribution in [0.2, 0.25) is 0 Å². The summed E-state index contributed by atoms with van der Waals surface area (Å²) in [5.74, 6) is -0.0175. The molecule has 0 aliphatic heterocycles. The first kappa shape index (κ1) is 17.5. The van der Waals surface area contributed by atoms with Crippen molar-refractivity contribution < 1.29 is 9.53 Å². The number of anilines is 2. The normalized spacial score (nSPS) is 12.2. The summed E-state index contributed by atoms with van der Waals surface area (Å²) in [6, 6.07) is 7.94. The molecule has 0 aromatic heterocycles. The van der Waals surface area contributed by atoms with Crippen LogP contribution in [-0.4, -0.2) is 32.2 Å². The number of ether oxygens (including phenoxy) is 1. The van der Waals surface area contributed by atoms with E-state index in [1.807, 2.05) is 38.1 Å². The van der Waals surface area contributed by atoms with Gasteiger partial charge in [-0.25, -0.2) is 0 Å². The van der Waals surface area contributed by atoms with Gasteiger partial charge >= 0.3 is 0 Å². The Morgan fingerprint density at radius 2 is 2.05 bits per heavy atom. The first-order valence-corrected chi connectivity index (χ1v) is 7.43. The molecular formula is C16H27N3O2. The zero-order chi connectivity index (χ0) is 15.7. The molecule has 0 heterocycles. The molecule has 1 aromatic carbocycles. The monoisotopic (exact) mass is 293 g/mol. The van der Waals surface area contributed by atoms with Crippen LogP contribution in [0.25, 0.3) is 0 Å². The zero-order valence-electron chi connectivity index (χ0n) is 13.2. The number of benzene rings is 1. The minimum atomic E-state index is -0.0348. The maximum Gasteiger partial charge on any atom is 0.226 e. The molecule has 0 radical (unpaired) electrons. The Hall–Kier alpha value is -1.59. The van der Waals surface area contributed by atoms with Crippen LogP contribution in [0.1, 0.15) is 26.7 Å². The van der Waals surface area contributed by atoms with Gasteiger partial charge in [-0.3, -0.25) is 4.79 Å². The number of carbonyl (C=O) groups excluding carboxylic acids is 1. The van der Waals surface area contributed by atoms with Gasteiger partial charge in [-0.2, -0.15) is 0 Å². The van der Waals surface area contributed by atoms with Gasteiger partial charge in [0.05, 0.1) is 6.61 Å². The van der Waals surface area contributed by atoms with Crippen LogP contribution >= 0.6 is 0 Å². The number of carbonyl (C=O) groups is 1. The summed E-state index contributed by atoms with van der Waals surface area (Å²) in [6.07, 6.45) is 1.90. The largest absolute Gasteiger partial charge is 0.383 e.